The van der Waals surface area contributed by atoms with E-state index in [4.69, 9.17) is 5.73 Å². The van der Waals surface area contributed by atoms with Crippen LogP contribution in [0, 0.1) is 12.8 Å². The summed E-state index contributed by atoms with van der Waals surface area (Å²) in [5.41, 5.74) is 8.68. The van der Waals surface area contributed by atoms with E-state index in [-0.39, 0.29) is 0 Å². The molecule has 0 amide bonds. The lowest BCUT2D eigenvalue weighted by molar-refractivity contribution is 0.175. The van der Waals surface area contributed by atoms with Crippen molar-refractivity contribution in [1.29, 1.82) is 0 Å². The van der Waals surface area contributed by atoms with Gasteiger partial charge in [-0.05, 0) is 37.8 Å². The van der Waals surface area contributed by atoms with E-state index in [1.54, 1.807) is 0 Å². The lowest BCUT2D eigenvalue weighted by Gasteiger charge is -2.33. The number of likely N-dealkylation sites (tertiary alicyclic amines) is 1. The molecule has 1 aromatic rings. The molecule has 0 spiro atoms. The van der Waals surface area contributed by atoms with E-state index in [0.717, 1.165) is 19.0 Å². The molecule has 2 rings (SSSR count). The molecular formula is C16H26N2. The van der Waals surface area contributed by atoms with E-state index in [0.29, 0.717) is 5.92 Å². The van der Waals surface area contributed by atoms with Gasteiger partial charge in [-0.3, -0.25) is 0 Å². The van der Waals surface area contributed by atoms with Crippen molar-refractivity contribution < 1.29 is 0 Å². The number of nitrogens with zero attached hydrogens (tertiary/aromatic N) is 1. The molecule has 1 aliphatic heterocycles. The van der Waals surface area contributed by atoms with E-state index in [1.165, 1.54) is 37.1 Å². The van der Waals surface area contributed by atoms with Crippen LogP contribution >= 0.6 is 0 Å². The molecule has 1 aliphatic rings. The summed E-state index contributed by atoms with van der Waals surface area (Å²) >= 11 is 0. The lowest BCUT2D eigenvalue weighted by Crippen LogP contribution is -2.38. The number of benzene rings is 1. The van der Waals surface area contributed by atoms with Gasteiger partial charge >= 0.3 is 0 Å². The van der Waals surface area contributed by atoms with Crippen LogP contribution in [0.1, 0.15) is 36.8 Å². The molecular weight excluding hydrogens is 220 g/mol. The van der Waals surface area contributed by atoms with Crippen molar-refractivity contribution in [2.45, 2.75) is 32.6 Å². The summed E-state index contributed by atoms with van der Waals surface area (Å²) in [6, 6.07) is 8.86. The third-order valence-electron chi connectivity index (χ3n) is 4.05. The summed E-state index contributed by atoms with van der Waals surface area (Å²) in [7, 11) is 0. The molecule has 1 aromatic carbocycles. The van der Waals surface area contributed by atoms with Crippen LogP contribution in [0.2, 0.25) is 0 Å². The van der Waals surface area contributed by atoms with Crippen LogP contribution < -0.4 is 5.73 Å². The van der Waals surface area contributed by atoms with Crippen LogP contribution in [0.5, 0.6) is 0 Å². The SMILES string of the molecule is Cc1ccc(C(CN)CN2CCCC(C)C2)cc1. The van der Waals surface area contributed by atoms with Crippen molar-refractivity contribution >= 4 is 0 Å². The first-order chi connectivity index (χ1) is 8.69. The van der Waals surface area contributed by atoms with Gasteiger partial charge < -0.3 is 10.6 Å². The van der Waals surface area contributed by atoms with E-state index in [1.807, 2.05) is 0 Å². The second-order valence-corrected chi connectivity index (χ2v) is 5.85. The Labute approximate surface area is 111 Å². The van der Waals surface area contributed by atoms with Crippen LogP contribution in [0.25, 0.3) is 0 Å². The van der Waals surface area contributed by atoms with Gasteiger partial charge in [0.15, 0.2) is 0 Å². The van der Waals surface area contributed by atoms with Crippen molar-refractivity contribution in [2.75, 3.05) is 26.2 Å². The molecule has 0 saturated carbocycles. The Morgan fingerprint density at radius 2 is 2.06 bits per heavy atom. The fraction of sp³-hybridized carbons (Fsp3) is 0.625. The van der Waals surface area contributed by atoms with E-state index in [9.17, 15) is 0 Å². The third kappa shape index (κ3) is 3.56. The van der Waals surface area contributed by atoms with Gasteiger partial charge in [-0.25, -0.2) is 0 Å². The number of rotatable bonds is 4. The zero-order chi connectivity index (χ0) is 13.0. The van der Waals surface area contributed by atoms with Crippen molar-refractivity contribution in [3.8, 4) is 0 Å². The molecule has 2 unspecified atom stereocenters. The minimum absolute atomic E-state index is 0.482. The first-order valence-electron chi connectivity index (χ1n) is 7.18. The number of piperidine rings is 1. The summed E-state index contributed by atoms with van der Waals surface area (Å²) < 4.78 is 0. The third-order valence-corrected chi connectivity index (χ3v) is 4.05. The van der Waals surface area contributed by atoms with Gasteiger partial charge in [0.05, 0.1) is 0 Å². The van der Waals surface area contributed by atoms with E-state index in [2.05, 4.69) is 43.0 Å². The Bertz CT molecular complexity index is 358. The standard InChI is InChI=1S/C16H26N2/c1-13-5-7-15(8-6-13)16(10-17)12-18-9-3-4-14(2)11-18/h5-8,14,16H,3-4,9-12,17H2,1-2H3. The second kappa shape index (κ2) is 6.35. The minimum Gasteiger partial charge on any atom is -0.330 e. The van der Waals surface area contributed by atoms with Crippen LogP contribution in [-0.2, 0) is 0 Å². The first kappa shape index (κ1) is 13.6. The average Bonchev–Trinajstić information content (AvgIpc) is 2.37. The van der Waals surface area contributed by atoms with Crippen LogP contribution in [0.4, 0.5) is 0 Å². The molecule has 2 atom stereocenters. The maximum absolute atomic E-state index is 5.97. The largest absolute Gasteiger partial charge is 0.330 e. The zero-order valence-corrected chi connectivity index (χ0v) is 11.7. The van der Waals surface area contributed by atoms with Gasteiger partial charge in [0, 0.05) is 25.6 Å². The summed E-state index contributed by atoms with van der Waals surface area (Å²) in [6.45, 7) is 8.83. The molecule has 0 aromatic heterocycles. The van der Waals surface area contributed by atoms with Gasteiger partial charge in [0.25, 0.3) is 0 Å². The predicted octanol–water partition coefficient (Wildman–Crippen LogP) is 2.77. The van der Waals surface area contributed by atoms with Gasteiger partial charge in [0.2, 0.25) is 0 Å². The topological polar surface area (TPSA) is 29.3 Å². The number of nitrogens with two attached hydrogens (primary N) is 1. The molecule has 2 N–H and O–H groups in total. The number of hydrogen-bond donors (Lipinski definition) is 1. The lowest BCUT2D eigenvalue weighted by atomic mass is 9.95. The van der Waals surface area contributed by atoms with Crippen molar-refractivity contribution in [3.05, 3.63) is 35.4 Å². The molecule has 2 heteroatoms. The normalized spacial score (nSPS) is 22.9. The number of aryl methyl sites for hydroxylation is 1. The van der Waals surface area contributed by atoms with E-state index < -0.39 is 0 Å². The Hall–Kier alpha value is -0.860. The van der Waals surface area contributed by atoms with Crippen molar-refractivity contribution in [1.82, 2.24) is 4.90 Å². The first-order valence-corrected chi connectivity index (χ1v) is 7.18. The minimum atomic E-state index is 0.482. The zero-order valence-electron chi connectivity index (χ0n) is 11.7. The van der Waals surface area contributed by atoms with Crippen LogP contribution in [-0.4, -0.2) is 31.1 Å². The molecule has 1 fully saturated rings. The molecule has 1 saturated heterocycles. The monoisotopic (exact) mass is 246 g/mol. The highest BCUT2D eigenvalue weighted by Gasteiger charge is 2.20. The molecule has 18 heavy (non-hydrogen) atoms. The molecule has 100 valence electrons. The Morgan fingerprint density at radius 1 is 1.33 bits per heavy atom. The maximum atomic E-state index is 5.97. The Kier molecular flexibility index (Phi) is 4.79. The highest BCUT2D eigenvalue weighted by atomic mass is 15.1. The van der Waals surface area contributed by atoms with Gasteiger partial charge in [-0.2, -0.15) is 0 Å². The quantitative estimate of drug-likeness (QED) is 0.885. The fourth-order valence-electron chi connectivity index (χ4n) is 2.92. The highest BCUT2D eigenvalue weighted by molar-refractivity contribution is 5.25. The fourth-order valence-corrected chi connectivity index (χ4v) is 2.92. The van der Waals surface area contributed by atoms with Gasteiger partial charge in [0.1, 0.15) is 0 Å². The summed E-state index contributed by atoms with van der Waals surface area (Å²) in [4.78, 5) is 2.59. The van der Waals surface area contributed by atoms with Crippen molar-refractivity contribution in [2.24, 2.45) is 11.7 Å². The smallest absolute Gasteiger partial charge is 0.00888 e. The van der Waals surface area contributed by atoms with Crippen LogP contribution in [0.15, 0.2) is 24.3 Å². The average molecular weight is 246 g/mol. The van der Waals surface area contributed by atoms with Gasteiger partial charge in [-0.15, -0.1) is 0 Å². The molecule has 2 nitrogen and oxygen atoms in total. The van der Waals surface area contributed by atoms with Crippen LogP contribution in [0.3, 0.4) is 0 Å². The molecule has 1 heterocycles. The summed E-state index contributed by atoms with van der Waals surface area (Å²) in [6.07, 6.45) is 2.72. The van der Waals surface area contributed by atoms with Gasteiger partial charge in [-0.1, -0.05) is 36.8 Å². The van der Waals surface area contributed by atoms with E-state index >= 15 is 0 Å². The second-order valence-electron chi connectivity index (χ2n) is 5.85. The maximum Gasteiger partial charge on any atom is 0.00888 e. The van der Waals surface area contributed by atoms with Crippen molar-refractivity contribution in [3.63, 3.8) is 0 Å². The molecule has 0 radical (unpaired) electrons. The Morgan fingerprint density at radius 3 is 2.67 bits per heavy atom. The summed E-state index contributed by atoms with van der Waals surface area (Å²) in [5.74, 6) is 1.33. The molecule has 0 bridgehead atoms. The Balaban J connectivity index is 1.98. The predicted molar refractivity (Wildman–Crippen MR) is 77.8 cm³/mol. The highest BCUT2D eigenvalue weighted by Crippen LogP contribution is 2.21. The summed E-state index contributed by atoms with van der Waals surface area (Å²) in [5, 5.41) is 0. The molecule has 0 aliphatic carbocycles. The number of hydrogen-bond acceptors (Lipinski definition) is 2.